The van der Waals surface area contributed by atoms with Crippen LogP contribution in [-0.4, -0.2) is 30.7 Å². The Balaban J connectivity index is 3.39. The maximum atomic E-state index is 12.8. The third-order valence-corrected chi connectivity index (χ3v) is 5.19. The van der Waals surface area contributed by atoms with Crippen LogP contribution in [0, 0.1) is 10.1 Å². The molecule has 1 aromatic rings. The summed E-state index contributed by atoms with van der Waals surface area (Å²) in [7, 11) is -3.70. The van der Waals surface area contributed by atoms with Gasteiger partial charge >= 0.3 is 0 Å². The number of benzene rings is 1. The lowest BCUT2D eigenvalue weighted by molar-refractivity contribution is -0.385. The first kappa shape index (κ1) is 17.6. The summed E-state index contributed by atoms with van der Waals surface area (Å²) < 4.78 is 26.9. The van der Waals surface area contributed by atoms with E-state index in [1.54, 1.807) is 0 Å². The molecule has 0 aromatic heterocycles. The number of non-ortho nitro benzene ring substituents is 1. The van der Waals surface area contributed by atoms with Gasteiger partial charge in [0, 0.05) is 25.2 Å². The first-order valence-corrected chi connectivity index (χ1v) is 8.59. The number of aryl methyl sites for hydroxylation is 1. The van der Waals surface area contributed by atoms with Crippen molar-refractivity contribution in [2.24, 2.45) is 0 Å². The summed E-state index contributed by atoms with van der Waals surface area (Å²) in [5.41, 5.74) is 0.413. The molecular weight excluding hydrogens is 292 g/mol. The highest BCUT2D eigenvalue weighted by molar-refractivity contribution is 7.89. The van der Waals surface area contributed by atoms with Gasteiger partial charge in [0.25, 0.3) is 5.69 Å². The molecule has 0 atom stereocenters. The van der Waals surface area contributed by atoms with E-state index in [-0.39, 0.29) is 10.6 Å². The van der Waals surface area contributed by atoms with Gasteiger partial charge in [-0.3, -0.25) is 10.1 Å². The number of nitro benzene ring substituents is 1. The maximum absolute atomic E-state index is 12.8. The molecule has 6 nitrogen and oxygen atoms in total. The quantitative estimate of drug-likeness (QED) is 0.545. The van der Waals surface area contributed by atoms with Gasteiger partial charge in [0.05, 0.1) is 9.82 Å². The zero-order valence-electron chi connectivity index (χ0n) is 12.7. The van der Waals surface area contributed by atoms with Crippen LogP contribution < -0.4 is 0 Å². The van der Waals surface area contributed by atoms with Gasteiger partial charge in [-0.15, -0.1) is 0 Å². The van der Waals surface area contributed by atoms with Gasteiger partial charge in [0.1, 0.15) is 0 Å². The third kappa shape index (κ3) is 4.01. The summed E-state index contributed by atoms with van der Waals surface area (Å²) in [5.74, 6) is 0. The van der Waals surface area contributed by atoms with Crippen molar-refractivity contribution >= 4 is 15.7 Å². The normalized spacial score (nSPS) is 11.8. The van der Waals surface area contributed by atoms with Crippen LogP contribution >= 0.6 is 0 Å². The molecule has 118 valence electrons. The summed E-state index contributed by atoms with van der Waals surface area (Å²) in [6, 6.07) is 4.05. The van der Waals surface area contributed by atoms with E-state index >= 15 is 0 Å². The molecular formula is C14H22N2O4S. The van der Waals surface area contributed by atoms with Gasteiger partial charge in [-0.05, 0) is 24.8 Å². The number of hydrogen-bond donors (Lipinski definition) is 0. The monoisotopic (exact) mass is 314 g/mol. The second-order valence-corrected chi connectivity index (χ2v) is 6.71. The van der Waals surface area contributed by atoms with Gasteiger partial charge in [-0.1, -0.05) is 26.8 Å². The van der Waals surface area contributed by atoms with E-state index in [0.717, 1.165) is 0 Å². The van der Waals surface area contributed by atoms with E-state index in [1.807, 2.05) is 20.8 Å². The SMILES string of the molecule is CCCN(CCC)S(=O)(=O)c1cc([N+](=O)[O-])ccc1CC. The highest BCUT2D eigenvalue weighted by atomic mass is 32.2. The Hall–Kier alpha value is -1.47. The van der Waals surface area contributed by atoms with E-state index in [2.05, 4.69) is 0 Å². The molecule has 0 aliphatic carbocycles. The lowest BCUT2D eigenvalue weighted by Crippen LogP contribution is -2.33. The minimum atomic E-state index is -3.70. The van der Waals surface area contributed by atoms with Gasteiger partial charge in [0.15, 0.2) is 0 Å². The van der Waals surface area contributed by atoms with Crippen molar-refractivity contribution in [3.05, 3.63) is 33.9 Å². The first-order chi connectivity index (χ1) is 9.88. The predicted octanol–water partition coefficient (Wildman–Crippen LogP) is 2.97. The molecule has 0 unspecified atom stereocenters. The lowest BCUT2D eigenvalue weighted by Gasteiger charge is -2.22. The highest BCUT2D eigenvalue weighted by Crippen LogP contribution is 2.26. The molecule has 0 N–H and O–H groups in total. The molecule has 0 saturated heterocycles. The average Bonchev–Trinajstić information content (AvgIpc) is 2.46. The van der Waals surface area contributed by atoms with E-state index in [9.17, 15) is 18.5 Å². The molecule has 1 rings (SSSR count). The Morgan fingerprint density at radius 1 is 1.14 bits per heavy atom. The minimum Gasteiger partial charge on any atom is -0.258 e. The van der Waals surface area contributed by atoms with Crippen LogP contribution in [-0.2, 0) is 16.4 Å². The van der Waals surface area contributed by atoms with Crippen molar-refractivity contribution in [3.8, 4) is 0 Å². The molecule has 0 heterocycles. The van der Waals surface area contributed by atoms with Crippen LogP contribution in [0.4, 0.5) is 5.69 Å². The van der Waals surface area contributed by atoms with Gasteiger partial charge in [0.2, 0.25) is 10.0 Å². The van der Waals surface area contributed by atoms with E-state index in [1.165, 1.54) is 22.5 Å². The van der Waals surface area contributed by atoms with Crippen LogP contribution in [0.3, 0.4) is 0 Å². The maximum Gasteiger partial charge on any atom is 0.270 e. The molecule has 0 saturated carbocycles. The summed E-state index contributed by atoms with van der Waals surface area (Å²) in [6.45, 7) is 6.49. The summed E-state index contributed by atoms with van der Waals surface area (Å²) in [4.78, 5) is 10.4. The number of sulfonamides is 1. The minimum absolute atomic E-state index is 0.0566. The van der Waals surface area contributed by atoms with Crippen molar-refractivity contribution < 1.29 is 13.3 Å². The van der Waals surface area contributed by atoms with E-state index in [0.29, 0.717) is 37.9 Å². The van der Waals surface area contributed by atoms with Gasteiger partial charge in [-0.2, -0.15) is 4.31 Å². The molecule has 0 aliphatic heterocycles. The van der Waals surface area contributed by atoms with E-state index in [4.69, 9.17) is 0 Å². The first-order valence-electron chi connectivity index (χ1n) is 7.15. The fourth-order valence-electron chi connectivity index (χ4n) is 2.18. The summed E-state index contributed by atoms with van der Waals surface area (Å²) >= 11 is 0. The molecule has 0 radical (unpaired) electrons. The summed E-state index contributed by atoms with van der Waals surface area (Å²) in [6.07, 6.45) is 1.92. The second-order valence-electron chi connectivity index (χ2n) is 4.81. The Kier molecular flexibility index (Phi) is 6.29. The zero-order chi connectivity index (χ0) is 16.0. The molecule has 0 aliphatic rings. The second kappa shape index (κ2) is 7.51. The van der Waals surface area contributed by atoms with Crippen LogP contribution in [0.5, 0.6) is 0 Å². The molecule has 0 bridgehead atoms. The van der Waals surface area contributed by atoms with Crippen LogP contribution in [0.2, 0.25) is 0 Å². The van der Waals surface area contributed by atoms with Crippen molar-refractivity contribution in [2.45, 2.75) is 44.9 Å². The molecule has 0 spiro atoms. The van der Waals surface area contributed by atoms with Crippen LogP contribution in [0.1, 0.15) is 39.2 Å². The smallest absolute Gasteiger partial charge is 0.258 e. The predicted molar refractivity (Wildman–Crippen MR) is 81.8 cm³/mol. The fourth-order valence-corrected chi connectivity index (χ4v) is 4.12. The fraction of sp³-hybridized carbons (Fsp3) is 0.571. The van der Waals surface area contributed by atoms with Crippen LogP contribution in [0.25, 0.3) is 0 Å². The highest BCUT2D eigenvalue weighted by Gasteiger charge is 2.27. The largest absolute Gasteiger partial charge is 0.270 e. The standard InChI is InChI=1S/C14H22N2O4S/c1-4-9-15(10-5-2)21(19,20)14-11-13(16(17)18)8-7-12(14)6-3/h7-8,11H,4-6,9-10H2,1-3H3. The lowest BCUT2D eigenvalue weighted by atomic mass is 10.1. The van der Waals surface area contributed by atoms with Gasteiger partial charge < -0.3 is 0 Å². The van der Waals surface area contributed by atoms with Crippen molar-refractivity contribution in [2.75, 3.05) is 13.1 Å². The molecule has 0 fully saturated rings. The Bertz CT molecular complexity index is 593. The molecule has 21 heavy (non-hydrogen) atoms. The third-order valence-electron chi connectivity index (χ3n) is 3.21. The van der Waals surface area contributed by atoms with Crippen molar-refractivity contribution in [3.63, 3.8) is 0 Å². The average molecular weight is 314 g/mol. The zero-order valence-corrected chi connectivity index (χ0v) is 13.5. The number of rotatable bonds is 8. The number of nitrogens with zero attached hydrogens (tertiary/aromatic N) is 2. The van der Waals surface area contributed by atoms with E-state index < -0.39 is 14.9 Å². The van der Waals surface area contributed by atoms with Gasteiger partial charge in [-0.25, -0.2) is 8.42 Å². The number of nitro groups is 1. The Morgan fingerprint density at radius 3 is 2.14 bits per heavy atom. The molecule has 1 aromatic carbocycles. The summed E-state index contributed by atoms with van der Waals surface area (Å²) in [5, 5.41) is 10.9. The Morgan fingerprint density at radius 2 is 1.71 bits per heavy atom. The number of hydrogen-bond acceptors (Lipinski definition) is 4. The Labute approximate surface area is 126 Å². The van der Waals surface area contributed by atoms with Crippen LogP contribution in [0.15, 0.2) is 23.1 Å². The topological polar surface area (TPSA) is 80.5 Å². The van der Waals surface area contributed by atoms with Crippen molar-refractivity contribution in [1.82, 2.24) is 4.31 Å². The molecule has 7 heteroatoms. The molecule has 0 amide bonds. The van der Waals surface area contributed by atoms with Crippen molar-refractivity contribution in [1.29, 1.82) is 0 Å².